The molecule has 0 aliphatic heterocycles. The molecular formula is C17H18N2O2S. The summed E-state index contributed by atoms with van der Waals surface area (Å²) in [5.41, 5.74) is 1.39. The molecule has 2 aromatic heterocycles. The van der Waals surface area contributed by atoms with Crippen LogP contribution in [0.15, 0.2) is 46.3 Å². The maximum absolute atomic E-state index is 12.4. The highest BCUT2D eigenvalue weighted by atomic mass is 32.1. The van der Waals surface area contributed by atoms with E-state index < -0.39 is 0 Å². The second kappa shape index (κ2) is 6.32. The van der Waals surface area contributed by atoms with Gasteiger partial charge in [-0.2, -0.15) is 0 Å². The van der Waals surface area contributed by atoms with Gasteiger partial charge in [0.05, 0.1) is 12.5 Å². The fourth-order valence-electron chi connectivity index (χ4n) is 2.48. The molecule has 1 atom stereocenters. The molecule has 5 heteroatoms. The zero-order chi connectivity index (χ0) is 15.5. The maximum atomic E-state index is 12.4. The molecule has 1 N–H and O–H groups in total. The Morgan fingerprint density at radius 3 is 2.82 bits per heavy atom. The van der Waals surface area contributed by atoms with Gasteiger partial charge in [-0.1, -0.05) is 37.2 Å². The van der Waals surface area contributed by atoms with Crippen molar-refractivity contribution in [3.05, 3.63) is 52.3 Å². The first-order chi connectivity index (χ1) is 10.6. The number of rotatable bonds is 5. The summed E-state index contributed by atoms with van der Waals surface area (Å²) in [6, 6.07) is 11.7. The number of amides is 1. The van der Waals surface area contributed by atoms with Gasteiger partial charge in [-0.05, 0) is 29.5 Å². The van der Waals surface area contributed by atoms with Gasteiger partial charge in [-0.25, -0.2) is 0 Å². The molecule has 3 rings (SSSR count). The molecule has 3 aromatic rings. The van der Waals surface area contributed by atoms with Crippen molar-refractivity contribution in [2.75, 3.05) is 0 Å². The third kappa shape index (κ3) is 3.04. The summed E-state index contributed by atoms with van der Waals surface area (Å²) >= 11 is 1.66. The van der Waals surface area contributed by atoms with E-state index in [1.54, 1.807) is 11.3 Å². The molecule has 0 saturated heterocycles. The van der Waals surface area contributed by atoms with Crippen molar-refractivity contribution in [1.29, 1.82) is 0 Å². The monoisotopic (exact) mass is 314 g/mol. The van der Waals surface area contributed by atoms with Gasteiger partial charge in [0, 0.05) is 10.3 Å². The van der Waals surface area contributed by atoms with Gasteiger partial charge in [0.15, 0.2) is 5.58 Å². The lowest BCUT2D eigenvalue weighted by Crippen LogP contribution is -2.32. The normalized spacial score (nSPS) is 12.7. The minimum Gasteiger partial charge on any atom is -0.356 e. The first-order valence-electron chi connectivity index (χ1n) is 7.31. The van der Waals surface area contributed by atoms with Crippen LogP contribution in [0.3, 0.4) is 0 Å². The van der Waals surface area contributed by atoms with Crippen LogP contribution in [-0.2, 0) is 11.2 Å². The Kier molecular flexibility index (Phi) is 4.24. The number of benzene rings is 1. The number of thiophene rings is 1. The Bertz CT molecular complexity index is 762. The minimum atomic E-state index is -0.0360. The Morgan fingerprint density at radius 1 is 1.27 bits per heavy atom. The standard InChI is InChI=1S/C17H18N2O2S/c1-11(2)17(15-8-5-9-22-15)18-16(20)10-13-12-6-3-4-7-14(12)21-19-13/h3-9,11,17H,10H2,1-2H3,(H,18,20)/t17-/m0/s1. The van der Waals surface area contributed by atoms with Crippen LogP contribution in [0.25, 0.3) is 11.0 Å². The molecule has 2 heterocycles. The summed E-state index contributed by atoms with van der Waals surface area (Å²) in [7, 11) is 0. The number of nitrogens with zero attached hydrogens (tertiary/aromatic N) is 1. The molecule has 0 aliphatic carbocycles. The van der Waals surface area contributed by atoms with E-state index in [0.29, 0.717) is 17.2 Å². The summed E-state index contributed by atoms with van der Waals surface area (Å²) < 4.78 is 5.25. The lowest BCUT2D eigenvalue weighted by Gasteiger charge is -2.21. The van der Waals surface area contributed by atoms with Crippen LogP contribution >= 0.6 is 11.3 Å². The molecule has 0 bridgehead atoms. The SMILES string of the molecule is CC(C)[C@H](NC(=O)Cc1noc2ccccc12)c1cccs1. The van der Waals surface area contributed by atoms with Crippen molar-refractivity contribution in [2.45, 2.75) is 26.3 Å². The summed E-state index contributed by atoms with van der Waals surface area (Å²) in [6.07, 6.45) is 0.228. The van der Waals surface area contributed by atoms with E-state index in [-0.39, 0.29) is 18.4 Å². The van der Waals surface area contributed by atoms with Crippen molar-refractivity contribution in [3.63, 3.8) is 0 Å². The van der Waals surface area contributed by atoms with Crippen LogP contribution in [0.1, 0.15) is 30.5 Å². The molecule has 4 nitrogen and oxygen atoms in total. The first kappa shape index (κ1) is 14.8. The largest absolute Gasteiger partial charge is 0.356 e. The molecule has 0 fully saturated rings. The zero-order valence-corrected chi connectivity index (χ0v) is 13.4. The van der Waals surface area contributed by atoms with Crippen molar-refractivity contribution in [3.8, 4) is 0 Å². The van der Waals surface area contributed by atoms with E-state index in [4.69, 9.17) is 4.52 Å². The number of hydrogen-bond donors (Lipinski definition) is 1. The minimum absolute atomic E-state index is 0.0330. The van der Waals surface area contributed by atoms with E-state index in [2.05, 4.69) is 30.4 Å². The summed E-state index contributed by atoms with van der Waals surface area (Å²) in [5, 5.41) is 10.1. The highest BCUT2D eigenvalue weighted by Crippen LogP contribution is 2.26. The van der Waals surface area contributed by atoms with E-state index in [1.807, 2.05) is 35.7 Å². The Labute approximate surface area is 133 Å². The zero-order valence-electron chi connectivity index (χ0n) is 12.6. The van der Waals surface area contributed by atoms with Gasteiger partial charge in [-0.15, -0.1) is 11.3 Å². The number of nitrogens with one attached hydrogen (secondary N) is 1. The second-order valence-corrected chi connectivity index (χ2v) is 6.59. The van der Waals surface area contributed by atoms with Gasteiger partial charge in [0.2, 0.25) is 5.91 Å². The number of para-hydroxylation sites is 1. The van der Waals surface area contributed by atoms with Crippen LogP contribution in [0.4, 0.5) is 0 Å². The Morgan fingerprint density at radius 2 is 2.09 bits per heavy atom. The smallest absolute Gasteiger partial charge is 0.226 e. The van der Waals surface area contributed by atoms with Crippen molar-refractivity contribution in [1.82, 2.24) is 10.5 Å². The molecular weight excluding hydrogens is 296 g/mol. The fourth-order valence-corrected chi connectivity index (χ4v) is 3.43. The fraction of sp³-hybridized carbons (Fsp3) is 0.294. The third-order valence-corrected chi connectivity index (χ3v) is 4.57. The van der Waals surface area contributed by atoms with Gasteiger partial charge in [-0.3, -0.25) is 4.79 Å². The van der Waals surface area contributed by atoms with Crippen LogP contribution in [-0.4, -0.2) is 11.1 Å². The molecule has 0 saturated carbocycles. The molecule has 22 heavy (non-hydrogen) atoms. The number of aromatic nitrogens is 1. The summed E-state index contributed by atoms with van der Waals surface area (Å²) in [6.45, 7) is 4.21. The average molecular weight is 314 g/mol. The van der Waals surface area contributed by atoms with E-state index in [1.165, 1.54) is 4.88 Å². The second-order valence-electron chi connectivity index (χ2n) is 5.61. The van der Waals surface area contributed by atoms with Gasteiger partial charge >= 0.3 is 0 Å². The van der Waals surface area contributed by atoms with Crippen LogP contribution < -0.4 is 5.32 Å². The van der Waals surface area contributed by atoms with Gasteiger partial charge in [0.25, 0.3) is 0 Å². The Balaban J connectivity index is 1.74. The van der Waals surface area contributed by atoms with Gasteiger partial charge < -0.3 is 9.84 Å². The summed E-state index contributed by atoms with van der Waals surface area (Å²) in [4.78, 5) is 13.6. The molecule has 1 amide bonds. The lowest BCUT2D eigenvalue weighted by atomic mass is 10.0. The third-order valence-electron chi connectivity index (χ3n) is 3.61. The number of fused-ring (bicyclic) bond motifs is 1. The first-order valence-corrected chi connectivity index (χ1v) is 8.19. The number of hydrogen-bond acceptors (Lipinski definition) is 4. The predicted octanol–water partition coefficient (Wildman–Crippen LogP) is 3.95. The summed E-state index contributed by atoms with van der Waals surface area (Å²) in [5.74, 6) is 0.294. The molecule has 114 valence electrons. The lowest BCUT2D eigenvalue weighted by molar-refractivity contribution is -0.121. The molecule has 0 spiro atoms. The molecule has 0 aliphatic rings. The number of carbonyl (C=O) groups is 1. The number of carbonyl (C=O) groups excluding carboxylic acids is 1. The molecule has 1 aromatic carbocycles. The van der Waals surface area contributed by atoms with Crippen molar-refractivity contribution in [2.24, 2.45) is 5.92 Å². The van der Waals surface area contributed by atoms with Crippen LogP contribution in [0.5, 0.6) is 0 Å². The topological polar surface area (TPSA) is 55.1 Å². The maximum Gasteiger partial charge on any atom is 0.226 e. The Hall–Kier alpha value is -2.14. The van der Waals surface area contributed by atoms with Crippen molar-refractivity contribution >= 4 is 28.2 Å². The van der Waals surface area contributed by atoms with Crippen LogP contribution in [0.2, 0.25) is 0 Å². The van der Waals surface area contributed by atoms with E-state index >= 15 is 0 Å². The predicted molar refractivity (Wildman–Crippen MR) is 87.8 cm³/mol. The average Bonchev–Trinajstić information content (AvgIpc) is 3.15. The van der Waals surface area contributed by atoms with E-state index in [0.717, 1.165) is 5.39 Å². The highest BCUT2D eigenvalue weighted by Gasteiger charge is 2.20. The van der Waals surface area contributed by atoms with Crippen LogP contribution in [0, 0.1) is 5.92 Å². The molecule has 0 unspecified atom stereocenters. The van der Waals surface area contributed by atoms with Gasteiger partial charge in [0.1, 0.15) is 5.69 Å². The highest BCUT2D eigenvalue weighted by molar-refractivity contribution is 7.10. The molecule has 0 radical (unpaired) electrons. The quantitative estimate of drug-likeness (QED) is 0.776. The van der Waals surface area contributed by atoms with E-state index in [9.17, 15) is 4.79 Å². The van der Waals surface area contributed by atoms with Crippen molar-refractivity contribution < 1.29 is 9.32 Å².